The predicted octanol–water partition coefficient (Wildman–Crippen LogP) is 3.33. The van der Waals surface area contributed by atoms with Gasteiger partial charge in [0.05, 0.1) is 17.3 Å². The van der Waals surface area contributed by atoms with Gasteiger partial charge in [0.25, 0.3) is 5.91 Å². The molecule has 4 aromatic heterocycles. The molecule has 0 fully saturated rings. The van der Waals surface area contributed by atoms with Gasteiger partial charge in [0.15, 0.2) is 5.76 Å². The maximum Gasteiger partial charge on any atom is 0.270 e. The largest absolute Gasteiger partial charge is 0.463 e. The Morgan fingerprint density at radius 1 is 0.941 bits per heavy atom. The summed E-state index contributed by atoms with van der Waals surface area (Å²) in [6.45, 7) is 0. The van der Waals surface area contributed by atoms with Crippen LogP contribution in [0.3, 0.4) is 0 Å². The Balaban J connectivity index is 1.23. The number of furan rings is 1. The molecule has 1 aromatic carbocycles. The second-order valence-electron chi connectivity index (χ2n) is 7.30. The van der Waals surface area contributed by atoms with Crippen LogP contribution in [0.1, 0.15) is 22.7 Å². The van der Waals surface area contributed by atoms with Gasteiger partial charge < -0.3 is 8.94 Å². The Morgan fingerprint density at radius 2 is 1.79 bits per heavy atom. The molecule has 0 unspecified atom stereocenters. The summed E-state index contributed by atoms with van der Waals surface area (Å²) in [5, 5.41) is 4.56. The minimum Gasteiger partial charge on any atom is -0.463 e. The highest BCUT2D eigenvalue weighted by molar-refractivity contribution is 6.07. The van der Waals surface area contributed by atoms with Crippen LogP contribution in [0.15, 0.2) is 82.2 Å². The first-order valence-corrected chi connectivity index (χ1v) is 10.4. The first kappa shape index (κ1) is 21.0. The highest BCUT2D eigenvalue weighted by atomic mass is 16.5. The van der Waals surface area contributed by atoms with Crippen LogP contribution >= 0.6 is 0 Å². The SMILES string of the molecule is O=C(CCc1nc(-c2ccncc2)no1)NNC(=O)c1cc(-c2ccco2)nc2ccccc12. The molecule has 2 N–H and O–H groups in total. The lowest BCUT2D eigenvalue weighted by Crippen LogP contribution is -2.41. The topological polar surface area (TPSA) is 136 Å². The lowest BCUT2D eigenvalue weighted by molar-refractivity contribution is -0.121. The van der Waals surface area contributed by atoms with Crippen molar-refractivity contribution in [1.29, 1.82) is 0 Å². The van der Waals surface area contributed by atoms with E-state index >= 15 is 0 Å². The zero-order valence-corrected chi connectivity index (χ0v) is 17.8. The molecular formula is C24H18N6O4. The minimum absolute atomic E-state index is 0.0486. The number of fused-ring (bicyclic) bond motifs is 1. The van der Waals surface area contributed by atoms with Crippen molar-refractivity contribution in [2.45, 2.75) is 12.8 Å². The van der Waals surface area contributed by atoms with E-state index in [0.717, 1.165) is 5.56 Å². The second kappa shape index (κ2) is 9.33. The summed E-state index contributed by atoms with van der Waals surface area (Å²) in [5.41, 5.74) is 7.16. The Labute approximate surface area is 193 Å². The highest BCUT2D eigenvalue weighted by Crippen LogP contribution is 2.25. The second-order valence-corrected chi connectivity index (χ2v) is 7.30. The van der Waals surface area contributed by atoms with Crippen molar-refractivity contribution in [3.05, 3.63) is 84.7 Å². The fourth-order valence-electron chi connectivity index (χ4n) is 3.37. The number of amides is 2. The molecule has 5 aromatic rings. The molecule has 0 saturated carbocycles. The standard InChI is InChI=1S/C24H18N6O4/c31-21(7-8-22-27-23(30-34-22)15-9-11-25-12-10-15)28-29-24(32)17-14-19(20-6-3-13-33-20)26-18-5-2-1-4-16(17)18/h1-6,9-14H,7-8H2,(H,28,31)(H,29,32). The van der Waals surface area contributed by atoms with Crippen molar-refractivity contribution in [2.75, 3.05) is 0 Å². The molecular weight excluding hydrogens is 436 g/mol. The zero-order valence-electron chi connectivity index (χ0n) is 17.8. The summed E-state index contributed by atoms with van der Waals surface area (Å²) < 4.78 is 10.6. The number of hydrazine groups is 1. The highest BCUT2D eigenvalue weighted by Gasteiger charge is 2.16. The van der Waals surface area contributed by atoms with Crippen molar-refractivity contribution in [2.24, 2.45) is 0 Å². The van der Waals surface area contributed by atoms with Crippen LogP contribution in [0.4, 0.5) is 0 Å². The molecule has 5 rings (SSSR count). The van der Waals surface area contributed by atoms with Gasteiger partial charge in [-0.1, -0.05) is 23.4 Å². The molecule has 10 heteroatoms. The van der Waals surface area contributed by atoms with Crippen molar-refractivity contribution in [1.82, 2.24) is 31.0 Å². The van der Waals surface area contributed by atoms with E-state index in [-0.39, 0.29) is 12.8 Å². The maximum absolute atomic E-state index is 12.9. The Hall–Kier alpha value is -4.86. The van der Waals surface area contributed by atoms with Gasteiger partial charge in [0.2, 0.25) is 17.6 Å². The summed E-state index contributed by atoms with van der Waals surface area (Å²) in [7, 11) is 0. The number of aromatic nitrogens is 4. The number of aryl methyl sites for hydroxylation is 1. The Bertz CT molecular complexity index is 1450. The van der Waals surface area contributed by atoms with E-state index in [0.29, 0.717) is 39.6 Å². The molecule has 168 valence electrons. The van der Waals surface area contributed by atoms with Crippen LogP contribution in [-0.2, 0) is 11.2 Å². The van der Waals surface area contributed by atoms with Crippen LogP contribution in [-0.4, -0.2) is 31.9 Å². The summed E-state index contributed by atoms with van der Waals surface area (Å²) in [5.74, 6) is 0.397. The van der Waals surface area contributed by atoms with Crippen molar-refractivity contribution < 1.29 is 18.5 Å². The molecule has 0 bridgehead atoms. The zero-order chi connectivity index (χ0) is 23.3. The van der Waals surface area contributed by atoms with Crippen molar-refractivity contribution in [3.63, 3.8) is 0 Å². The van der Waals surface area contributed by atoms with E-state index in [9.17, 15) is 9.59 Å². The lowest BCUT2D eigenvalue weighted by Gasteiger charge is -2.10. The molecule has 0 aliphatic heterocycles. The predicted molar refractivity (Wildman–Crippen MR) is 121 cm³/mol. The van der Waals surface area contributed by atoms with E-state index in [1.807, 2.05) is 18.2 Å². The monoisotopic (exact) mass is 454 g/mol. The number of pyridine rings is 2. The number of hydrogen-bond donors (Lipinski definition) is 2. The third-order valence-electron chi connectivity index (χ3n) is 5.02. The van der Waals surface area contributed by atoms with Gasteiger partial charge in [-0.3, -0.25) is 25.4 Å². The average Bonchev–Trinajstić information content (AvgIpc) is 3.59. The molecule has 0 saturated heterocycles. The van der Waals surface area contributed by atoms with Crippen LogP contribution in [0.25, 0.3) is 33.7 Å². The van der Waals surface area contributed by atoms with E-state index in [1.54, 1.807) is 48.8 Å². The van der Waals surface area contributed by atoms with E-state index in [1.165, 1.54) is 6.26 Å². The number of rotatable bonds is 6. The first-order valence-electron chi connectivity index (χ1n) is 10.4. The van der Waals surface area contributed by atoms with Gasteiger partial charge in [-0.15, -0.1) is 0 Å². The summed E-state index contributed by atoms with van der Waals surface area (Å²) in [4.78, 5) is 38.0. The smallest absolute Gasteiger partial charge is 0.270 e. The minimum atomic E-state index is -0.475. The van der Waals surface area contributed by atoms with Gasteiger partial charge in [-0.05, 0) is 36.4 Å². The molecule has 0 aliphatic rings. The van der Waals surface area contributed by atoms with Gasteiger partial charge in [0.1, 0.15) is 5.69 Å². The van der Waals surface area contributed by atoms with Gasteiger partial charge >= 0.3 is 0 Å². The summed E-state index contributed by atoms with van der Waals surface area (Å²) >= 11 is 0. The number of nitrogens with zero attached hydrogens (tertiary/aromatic N) is 4. The molecule has 2 amide bonds. The quantitative estimate of drug-likeness (QED) is 0.373. The van der Waals surface area contributed by atoms with Crippen LogP contribution < -0.4 is 10.9 Å². The number of hydrogen-bond acceptors (Lipinski definition) is 8. The van der Waals surface area contributed by atoms with Crippen molar-refractivity contribution >= 4 is 22.7 Å². The number of benzene rings is 1. The number of para-hydroxylation sites is 1. The van der Waals surface area contributed by atoms with Gasteiger partial charge in [-0.25, -0.2) is 4.98 Å². The lowest BCUT2D eigenvalue weighted by atomic mass is 10.1. The fourth-order valence-corrected chi connectivity index (χ4v) is 3.37. The Morgan fingerprint density at radius 3 is 2.62 bits per heavy atom. The first-order chi connectivity index (χ1) is 16.7. The maximum atomic E-state index is 12.9. The van der Waals surface area contributed by atoms with Crippen LogP contribution in [0, 0.1) is 0 Å². The third-order valence-corrected chi connectivity index (χ3v) is 5.02. The average molecular weight is 454 g/mol. The number of nitrogens with one attached hydrogen (secondary N) is 2. The molecule has 4 heterocycles. The molecule has 10 nitrogen and oxygen atoms in total. The van der Waals surface area contributed by atoms with Crippen LogP contribution in [0.5, 0.6) is 0 Å². The number of carbonyl (C=O) groups excluding carboxylic acids is 2. The summed E-state index contributed by atoms with van der Waals surface area (Å²) in [6, 6.07) is 15.9. The van der Waals surface area contributed by atoms with E-state index in [2.05, 4.69) is 31.0 Å². The van der Waals surface area contributed by atoms with Gasteiger partial charge in [-0.2, -0.15) is 4.98 Å². The third kappa shape index (κ3) is 4.51. The summed E-state index contributed by atoms with van der Waals surface area (Å²) in [6.07, 6.45) is 5.07. The Kier molecular flexibility index (Phi) is 5.76. The van der Waals surface area contributed by atoms with Crippen LogP contribution in [0.2, 0.25) is 0 Å². The molecule has 0 radical (unpaired) electrons. The van der Waals surface area contributed by atoms with E-state index in [4.69, 9.17) is 8.94 Å². The van der Waals surface area contributed by atoms with Gasteiger partial charge in [0, 0.05) is 36.2 Å². The fraction of sp³-hybridized carbons (Fsp3) is 0.0833. The molecule has 0 aliphatic carbocycles. The normalized spacial score (nSPS) is 10.8. The number of carbonyl (C=O) groups is 2. The molecule has 0 spiro atoms. The van der Waals surface area contributed by atoms with E-state index < -0.39 is 11.8 Å². The molecule has 34 heavy (non-hydrogen) atoms. The van der Waals surface area contributed by atoms with Crippen molar-refractivity contribution in [3.8, 4) is 22.8 Å². The molecule has 0 atom stereocenters.